The third kappa shape index (κ3) is 5.28. The maximum atomic E-state index is 12.7. The van der Waals surface area contributed by atoms with Crippen molar-refractivity contribution >= 4 is 29.4 Å². The highest BCUT2D eigenvalue weighted by molar-refractivity contribution is 6.31. The van der Waals surface area contributed by atoms with Gasteiger partial charge in [-0.15, -0.1) is 10.2 Å². The van der Waals surface area contributed by atoms with Crippen LogP contribution < -0.4 is 15.1 Å². The molecule has 11 heteroatoms. The van der Waals surface area contributed by atoms with Crippen molar-refractivity contribution in [2.24, 2.45) is 0 Å². The Labute approximate surface area is 194 Å². The summed E-state index contributed by atoms with van der Waals surface area (Å²) in [5.41, 5.74) is 2.59. The van der Waals surface area contributed by atoms with Crippen molar-refractivity contribution < 1.29 is 18.0 Å². The number of rotatable bonds is 8. The number of pyridine rings is 1. The second-order valence-corrected chi connectivity index (χ2v) is 8.18. The Morgan fingerprint density at radius 3 is 2.64 bits per heavy atom. The van der Waals surface area contributed by atoms with Gasteiger partial charge in [-0.05, 0) is 56.3 Å². The Morgan fingerprint density at radius 2 is 2.00 bits per heavy atom. The molecule has 0 spiro atoms. The van der Waals surface area contributed by atoms with Gasteiger partial charge in [0.2, 0.25) is 12.3 Å². The van der Waals surface area contributed by atoms with E-state index >= 15 is 0 Å². The summed E-state index contributed by atoms with van der Waals surface area (Å²) < 4.78 is 30.3. The van der Waals surface area contributed by atoms with Crippen LogP contribution in [0, 0.1) is 0 Å². The Hall–Kier alpha value is -3.11. The predicted molar refractivity (Wildman–Crippen MR) is 120 cm³/mol. The number of amides is 1. The van der Waals surface area contributed by atoms with Crippen LogP contribution in [0.5, 0.6) is 0 Å². The number of alkyl halides is 2. The summed E-state index contributed by atoms with van der Waals surface area (Å²) in [5, 5.41) is 10.8. The first-order valence-electron chi connectivity index (χ1n) is 10.5. The first-order valence-corrected chi connectivity index (χ1v) is 10.9. The largest absolute Gasteiger partial charge is 0.415 e. The summed E-state index contributed by atoms with van der Waals surface area (Å²) >= 11 is 6.26. The van der Waals surface area contributed by atoms with Crippen molar-refractivity contribution in [1.82, 2.24) is 20.5 Å². The number of nitrogens with one attached hydrogen (secondary N) is 1. The summed E-state index contributed by atoms with van der Waals surface area (Å²) in [7, 11) is 2.02. The van der Waals surface area contributed by atoms with Gasteiger partial charge in [-0.1, -0.05) is 11.6 Å². The zero-order chi connectivity index (χ0) is 23.4. The van der Waals surface area contributed by atoms with Crippen LogP contribution >= 0.6 is 11.6 Å². The van der Waals surface area contributed by atoms with E-state index in [1.165, 1.54) is 6.20 Å². The molecule has 3 heterocycles. The lowest BCUT2D eigenvalue weighted by Crippen LogP contribution is -2.41. The molecule has 33 heavy (non-hydrogen) atoms. The third-order valence-electron chi connectivity index (χ3n) is 5.64. The van der Waals surface area contributed by atoms with Gasteiger partial charge in [0, 0.05) is 24.3 Å². The Bertz CT molecular complexity index is 1090. The molecule has 1 aliphatic heterocycles. The zero-order valence-electron chi connectivity index (χ0n) is 17.9. The van der Waals surface area contributed by atoms with Crippen molar-refractivity contribution in [2.75, 3.05) is 29.9 Å². The fraction of sp³-hybridized carbons (Fsp3) is 0.364. The van der Waals surface area contributed by atoms with Crippen LogP contribution in [0.15, 0.2) is 40.9 Å². The van der Waals surface area contributed by atoms with Gasteiger partial charge in [-0.2, -0.15) is 8.78 Å². The first kappa shape index (κ1) is 23.1. The fourth-order valence-corrected chi connectivity index (χ4v) is 4.02. The minimum absolute atomic E-state index is 0.0442. The van der Waals surface area contributed by atoms with E-state index in [-0.39, 0.29) is 12.4 Å². The molecular formula is C22H23ClF2N6O2. The number of aromatic nitrogens is 3. The molecule has 4 rings (SSSR count). The van der Waals surface area contributed by atoms with E-state index in [4.69, 9.17) is 16.0 Å². The van der Waals surface area contributed by atoms with Crippen LogP contribution in [0.3, 0.4) is 0 Å². The van der Waals surface area contributed by atoms with Gasteiger partial charge >= 0.3 is 6.43 Å². The van der Waals surface area contributed by atoms with Gasteiger partial charge in [-0.25, -0.2) is 0 Å². The van der Waals surface area contributed by atoms with E-state index in [0.717, 1.165) is 38.0 Å². The van der Waals surface area contributed by atoms with Gasteiger partial charge in [-0.3, -0.25) is 9.78 Å². The maximum Gasteiger partial charge on any atom is 0.314 e. The summed E-state index contributed by atoms with van der Waals surface area (Å²) in [5.74, 6) is -0.787. The molecule has 3 aromatic rings. The number of piperidine rings is 1. The molecular weight excluding hydrogens is 454 g/mol. The molecule has 0 radical (unpaired) electrons. The smallest absolute Gasteiger partial charge is 0.314 e. The van der Waals surface area contributed by atoms with Crippen molar-refractivity contribution in [1.29, 1.82) is 0 Å². The molecule has 1 amide bonds. The lowest BCUT2D eigenvalue weighted by molar-refractivity contribution is -0.107. The quantitative estimate of drug-likeness (QED) is 0.490. The van der Waals surface area contributed by atoms with Gasteiger partial charge < -0.3 is 19.5 Å². The lowest BCUT2D eigenvalue weighted by atomic mass is 10.0. The molecule has 1 N–H and O–H groups in total. The number of halogens is 3. The Balaban J connectivity index is 1.55. The number of nitrogens with zero attached hydrogens (tertiary/aromatic N) is 5. The number of hydrogen-bond donors (Lipinski definition) is 1. The number of hydrogen-bond acceptors (Lipinski definition) is 7. The van der Waals surface area contributed by atoms with E-state index in [9.17, 15) is 13.6 Å². The van der Waals surface area contributed by atoms with E-state index in [0.29, 0.717) is 28.0 Å². The van der Waals surface area contributed by atoms with Gasteiger partial charge in [0.15, 0.2) is 0 Å². The highest BCUT2D eigenvalue weighted by Gasteiger charge is 2.23. The van der Waals surface area contributed by atoms with Crippen molar-refractivity contribution in [2.45, 2.75) is 31.9 Å². The molecule has 1 aliphatic rings. The van der Waals surface area contributed by atoms with E-state index in [1.54, 1.807) is 23.1 Å². The van der Waals surface area contributed by atoms with Crippen LogP contribution in [-0.2, 0) is 11.3 Å². The first-order chi connectivity index (χ1) is 16.0. The zero-order valence-corrected chi connectivity index (χ0v) is 18.7. The fourth-order valence-electron chi connectivity index (χ4n) is 3.85. The molecule has 0 bridgehead atoms. The lowest BCUT2D eigenvalue weighted by Gasteiger charge is -2.35. The monoisotopic (exact) mass is 476 g/mol. The topological polar surface area (TPSA) is 87.4 Å². The Kier molecular flexibility index (Phi) is 7.14. The van der Waals surface area contributed by atoms with E-state index in [2.05, 4.69) is 25.4 Å². The SMILES string of the molecule is CN(c1ccc(Cl)cc1N(C=O)Cc1ccc(-c2nnc(C(F)F)o2)cn1)C1CCNCC1. The number of carbonyl (C=O) groups is 1. The standard InChI is InChI=1S/C22H23ClF2N6O2/c1-30(17-6-8-26-9-7-17)18-5-3-15(23)10-19(18)31(13-32)12-16-4-2-14(11-27-16)21-28-29-22(33-21)20(24)25/h2-5,10-11,13,17,20,26H,6-9,12H2,1H3. The molecule has 2 aromatic heterocycles. The van der Waals surface area contributed by atoms with Crippen molar-refractivity contribution in [3.8, 4) is 11.5 Å². The molecule has 0 unspecified atom stereocenters. The Morgan fingerprint density at radius 1 is 1.21 bits per heavy atom. The van der Waals surface area contributed by atoms with Crippen molar-refractivity contribution in [3.63, 3.8) is 0 Å². The van der Waals surface area contributed by atoms with Gasteiger partial charge in [0.05, 0.1) is 29.2 Å². The second kappa shape index (κ2) is 10.2. The van der Waals surface area contributed by atoms with Gasteiger partial charge in [0.1, 0.15) is 0 Å². The minimum Gasteiger partial charge on any atom is -0.415 e. The number of carbonyl (C=O) groups excluding carboxylic acids is 1. The number of anilines is 2. The summed E-state index contributed by atoms with van der Waals surface area (Å²) in [6.07, 6.45) is 1.36. The van der Waals surface area contributed by atoms with E-state index in [1.807, 2.05) is 19.2 Å². The second-order valence-electron chi connectivity index (χ2n) is 7.74. The highest BCUT2D eigenvalue weighted by atomic mass is 35.5. The van der Waals surface area contributed by atoms with Crippen LogP contribution in [0.25, 0.3) is 11.5 Å². The van der Waals surface area contributed by atoms with Gasteiger partial charge in [0.25, 0.3) is 5.89 Å². The highest BCUT2D eigenvalue weighted by Crippen LogP contribution is 2.34. The molecule has 8 nitrogen and oxygen atoms in total. The van der Waals surface area contributed by atoms with Crippen LogP contribution in [0.2, 0.25) is 5.02 Å². The van der Waals surface area contributed by atoms with Crippen LogP contribution in [-0.4, -0.2) is 47.8 Å². The molecule has 0 aliphatic carbocycles. The molecule has 1 saturated heterocycles. The van der Waals surface area contributed by atoms with Crippen LogP contribution in [0.4, 0.5) is 20.2 Å². The van der Waals surface area contributed by atoms with E-state index < -0.39 is 12.3 Å². The minimum atomic E-state index is -2.84. The average Bonchev–Trinajstić information content (AvgIpc) is 3.34. The predicted octanol–water partition coefficient (Wildman–Crippen LogP) is 4.07. The third-order valence-corrected chi connectivity index (χ3v) is 5.88. The normalized spacial score (nSPS) is 14.5. The molecule has 0 saturated carbocycles. The average molecular weight is 477 g/mol. The molecule has 174 valence electrons. The summed E-state index contributed by atoms with van der Waals surface area (Å²) in [6, 6.07) is 9.16. The summed E-state index contributed by atoms with van der Waals surface area (Å²) in [4.78, 5) is 20.1. The number of benzene rings is 1. The molecule has 0 atom stereocenters. The molecule has 1 aromatic carbocycles. The molecule has 1 fully saturated rings. The van der Waals surface area contributed by atoms with Crippen molar-refractivity contribution in [3.05, 3.63) is 53.1 Å². The van der Waals surface area contributed by atoms with Crippen LogP contribution in [0.1, 0.15) is 30.9 Å². The maximum absolute atomic E-state index is 12.7. The summed E-state index contributed by atoms with van der Waals surface area (Å²) in [6.45, 7) is 2.10.